The molecule has 0 fully saturated rings. The number of nitrogens with one attached hydrogen (secondary N) is 1. The van der Waals surface area contributed by atoms with Crippen LogP contribution in [-0.4, -0.2) is 20.4 Å². The molecule has 0 bridgehead atoms. The van der Waals surface area contributed by atoms with Crippen LogP contribution in [0, 0.1) is 5.82 Å². The molecular weight excluding hydrogens is 435 g/mol. The molecule has 1 amide bonds. The molecule has 0 aliphatic heterocycles. The highest BCUT2D eigenvalue weighted by Crippen LogP contribution is 2.31. The molecule has 2 aromatic heterocycles. The fourth-order valence-corrected chi connectivity index (χ4v) is 4.75. The summed E-state index contributed by atoms with van der Waals surface area (Å²) in [6.07, 6.45) is 2.26. The molecular formula is C26H27FN4OS. The van der Waals surface area contributed by atoms with E-state index in [1.807, 2.05) is 54.0 Å². The molecule has 7 heteroatoms. The fraction of sp³-hybridized carbons (Fsp3) is 0.269. The molecule has 0 radical (unpaired) electrons. The smallest absolute Gasteiger partial charge is 0.247 e. The zero-order valence-electron chi connectivity index (χ0n) is 19.0. The number of imidazole rings is 1. The van der Waals surface area contributed by atoms with E-state index in [0.29, 0.717) is 40.0 Å². The molecule has 33 heavy (non-hydrogen) atoms. The fourth-order valence-electron chi connectivity index (χ4n) is 3.71. The number of carbonyl (C=O) groups is 1. The first kappa shape index (κ1) is 23.0. The van der Waals surface area contributed by atoms with Gasteiger partial charge in [0.1, 0.15) is 17.4 Å². The van der Waals surface area contributed by atoms with Crippen molar-refractivity contribution in [3.63, 3.8) is 0 Å². The quantitative estimate of drug-likeness (QED) is 0.301. The zero-order valence-corrected chi connectivity index (χ0v) is 19.8. The number of benzene rings is 2. The molecule has 2 aromatic carbocycles. The number of fused-ring (bicyclic) bond motifs is 1. The number of amides is 1. The van der Waals surface area contributed by atoms with Gasteiger partial charge in [-0.1, -0.05) is 62.9 Å². The van der Waals surface area contributed by atoms with E-state index < -0.39 is 6.04 Å². The van der Waals surface area contributed by atoms with Crippen LogP contribution in [0.1, 0.15) is 50.3 Å². The molecule has 1 atom stereocenters. The second-order valence-corrected chi connectivity index (χ2v) is 9.12. The molecule has 1 N–H and O–H groups in total. The number of hydrogen-bond acceptors (Lipinski definition) is 4. The Bertz CT molecular complexity index is 1250. The van der Waals surface area contributed by atoms with E-state index in [4.69, 9.17) is 4.98 Å². The maximum atomic E-state index is 14.2. The van der Waals surface area contributed by atoms with Gasteiger partial charge in [0.2, 0.25) is 5.91 Å². The minimum Gasteiger partial charge on any atom is -0.324 e. The zero-order chi connectivity index (χ0) is 23.4. The number of anilines is 1. The molecule has 5 nitrogen and oxygen atoms in total. The number of carbonyl (C=O) groups excluding carboxylic acids is 1. The summed E-state index contributed by atoms with van der Waals surface area (Å²) in [6, 6.07) is 17.8. The van der Waals surface area contributed by atoms with Crippen LogP contribution in [-0.2, 0) is 10.5 Å². The first-order valence-corrected chi connectivity index (χ1v) is 12.1. The van der Waals surface area contributed by atoms with Crippen molar-refractivity contribution in [3.05, 3.63) is 83.8 Å². The van der Waals surface area contributed by atoms with Gasteiger partial charge in [-0.15, -0.1) is 0 Å². The summed E-state index contributed by atoms with van der Waals surface area (Å²) in [5.41, 5.74) is 3.92. The van der Waals surface area contributed by atoms with Crippen molar-refractivity contribution >= 4 is 34.5 Å². The van der Waals surface area contributed by atoms with Crippen molar-refractivity contribution in [2.75, 3.05) is 5.32 Å². The van der Waals surface area contributed by atoms with Gasteiger partial charge in [-0.2, -0.15) is 0 Å². The summed E-state index contributed by atoms with van der Waals surface area (Å²) < 4.78 is 16.0. The first-order chi connectivity index (χ1) is 16.0. The minimum absolute atomic E-state index is 0.132. The van der Waals surface area contributed by atoms with Crippen LogP contribution in [0.2, 0.25) is 0 Å². The second kappa shape index (κ2) is 10.2. The highest BCUT2D eigenvalue weighted by Gasteiger charge is 2.25. The number of aromatic nitrogens is 3. The van der Waals surface area contributed by atoms with Gasteiger partial charge in [0.25, 0.3) is 0 Å². The van der Waals surface area contributed by atoms with Crippen LogP contribution in [0.3, 0.4) is 0 Å². The normalized spacial score (nSPS) is 12.3. The number of pyridine rings is 1. The van der Waals surface area contributed by atoms with Gasteiger partial charge in [0.15, 0.2) is 10.8 Å². The van der Waals surface area contributed by atoms with Gasteiger partial charge in [-0.3, -0.25) is 9.36 Å². The Morgan fingerprint density at radius 3 is 2.55 bits per heavy atom. The Hall–Kier alpha value is -3.19. The third kappa shape index (κ3) is 5.09. The Kier molecular flexibility index (Phi) is 7.08. The molecule has 2 heterocycles. The van der Waals surface area contributed by atoms with Crippen molar-refractivity contribution in [2.24, 2.45) is 0 Å². The highest BCUT2D eigenvalue weighted by molar-refractivity contribution is 7.98. The standard InChI is InChI=1S/C26H27FN4OS/c1-4-23(25(32)29-20-13-11-18(12-14-20)17(2)3)31-24-22(10-7-15-28-24)30-26(31)33-16-19-8-5-6-9-21(19)27/h5-15,17,23H,4,16H2,1-3H3,(H,29,32)/t23-/m0/s1. The van der Waals surface area contributed by atoms with Crippen molar-refractivity contribution < 1.29 is 9.18 Å². The third-order valence-electron chi connectivity index (χ3n) is 5.58. The highest BCUT2D eigenvalue weighted by atomic mass is 32.2. The number of hydrogen-bond donors (Lipinski definition) is 1. The Balaban J connectivity index is 1.63. The molecule has 0 aliphatic carbocycles. The summed E-state index contributed by atoms with van der Waals surface area (Å²) in [7, 11) is 0. The Morgan fingerprint density at radius 1 is 1.09 bits per heavy atom. The molecule has 0 saturated heterocycles. The number of thioether (sulfide) groups is 1. The van der Waals surface area contributed by atoms with Gasteiger partial charge in [0.05, 0.1) is 0 Å². The lowest BCUT2D eigenvalue weighted by Crippen LogP contribution is -2.26. The van der Waals surface area contributed by atoms with Crippen LogP contribution < -0.4 is 5.32 Å². The van der Waals surface area contributed by atoms with Crippen LogP contribution in [0.25, 0.3) is 11.2 Å². The molecule has 0 aliphatic rings. The summed E-state index contributed by atoms with van der Waals surface area (Å²) >= 11 is 1.40. The summed E-state index contributed by atoms with van der Waals surface area (Å²) in [4.78, 5) is 22.5. The van der Waals surface area contributed by atoms with Crippen LogP contribution in [0.5, 0.6) is 0 Å². The summed E-state index contributed by atoms with van der Waals surface area (Å²) in [5.74, 6) is 0.452. The number of halogens is 1. The lowest BCUT2D eigenvalue weighted by molar-refractivity contribution is -0.119. The molecule has 0 unspecified atom stereocenters. The van der Waals surface area contributed by atoms with E-state index in [1.54, 1.807) is 18.3 Å². The number of nitrogens with zero attached hydrogens (tertiary/aromatic N) is 3. The van der Waals surface area contributed by atoms with E-state index in [2.05, 4.69) is 24.1 Å². The van der Waals surface area contributed by atoms with E-state index in [-0.39, 0.29) is 11.7 Å². The van der Waals surface area contributed by atoms with Crippen LogP contribution in [0.15, 0.2) is 72.0 Å². The Morgan fingerprint density at radius 2 is 1.85 bits per heavy atom. The number of rotatable bonds is 8. The van der Waals surface area contributed by atoms with Crippen molar-refractivity contribution in [2.45, 2.75) is 50.1 Å². The second-order valence-electron chi connectivity index (χ2n) is 8.18. The average Bonchev–Trinajstić information content (AvgIpc) is 3.18. The van der Waals surface area contributed by atoms with E-state index in [9.17, 15) is 9.18 Å². The molecule has 4 rings (SSSR count). The van der Waals surface area contributed by atoms with E-state index in [0.717, 1.165) is 5.69 Å². The Labute approximate surface area is 197 Å². The van der Waals surface area contributed by atoms with Crippen LogP contribution in [0.4, 0.5) is 10.1 Å². The summed E-state index contributed by atoms with van der Waals surface area (Å²) in [5, 5.41) is 3.68. The van der Waals surface area contributed by atoms with Gasteiger partial charge in [0, 0.05) is 17.6 Å². The van der Waals surface area contributed by atoms with Gasteiger partial charge < -0.3 is 5.32 Å². The first-order valence-electron chi connectivity index (χ1n) is 11.1. The summed E-state index contributed by atoms with van der Waals surface area (Å²) in [6.45, 7) is 6.24. The largest absolute Gasteiger partial charge is 0.324 e. The minimum atomic E-state index is -0.502. The predicted molar refractivity (Wildman–Crippen MR) is 132 cm³/mol. The molecule has 0 saturated carbocycles. The average molecular weight is 463 g/mol. The topological polar surface area (TPSA) is 59.8 Å². The van der Waals surface area contributed by atoms with E-state index >= 15 is 0 Å². The lowest BCUT2D eigenvalue weighted by atomic mass is 10.0. The lowest BCUT2D eigenvalue weighted by Gasteiger charge is -2.19. The van der Waals surface area contributed by atoms with E-state index in [1.165, 1.54) is 23.4 Å². The third-order valence-corrected chi connectivity index (χ3v) is 6.58. The monoisotopic (exact) mass is 462 g/mol. The predicted octanol–water partition coefficient (Wildman–Crippen LogP) is 6.58. The molecule has 0 spiro atoms. The van der Waals surface area contributed by atoms with Gasteiger partial charge >= 0.3 is 0 Å². The van der Waals surface area contributed by atoms with Crippen LogP contribution >= 0.6 is 11.8 Å². The molecule has 170 valence electrons. The maximum absolute atomic E-state index is 14.2. The van der Waals surface area contributed by atoms with Gasteiger partial charge in [-0.05, 0) is 53.8 Å². The molecule has 4 aromatic rings. The van der Waals surface area contributed by atoms with Crippen molar-refractivity contribution in [1.29, 1.82) is 0 Å². The van der Waals surface area contributed by atoms with Gasteiger partial charge in [-0.25, -0.2) is 14.4 Å². The van der Waals surface area contributed by atoms with Crippen molar-refractivity contribution in [3.8, 4) is 0 Å². The SMILES string of the molecule is CC[C@@H](C(=O)Nc1ccc(C(C)C)cc1)n1c(SCc2ccccc2F)nc2cccnc21. The van der Waals surface area contributed by atoms with Crippen molar-refractivity contribution in [1.82, 2.24) is 14.5 Å². The maximum Gasteiger partial charge on any atom is 0.247 e.